The highest BCUT2D eigenvalue weighted by Crippen LogP contribution is 2.21. The zero-order chi connectivity index (χ0) is 12.0. The number of carbonyl (C=O) groups is 2. The zero-order valence-corrected chi connectivity index (χ0v) is 10.1. The lowest BCUT2D eigenvalue weighted by atomic mass is 10.1. The maximum atomic E-state index is 11.6. The van der Waals surface area contributed by atoms with Crippen LogP contribution in [0.1, 0.15) is 16.8 Å². The van der Waals surface area contributed by atoms with Crippen molar-refractivity contribution >= 4 is 27.8 Å². The Morgan fingerprint density at radius 3 is 2.50 bits per heavy atom. The smallest absolute Gasteiger partial charge is 0.305 e. The predicted molar refractivity (Wildman–Crippen MR) is 63.4 cm³/mol. The van der Waals surface area contributed by atoms with Gasteiger partial charge in [-0.1, -0.05) is 46.3 Å². The molecule has 86 valence electrons. The molecule has 1 amide bonds. The summed E-state index contributed by atoms with van der Waals surface area (Å²) in [5.41, 5.74) is 0.843. The second-order valence-corrected chi connectivity index (χ2v) is 4.12. The van der Waals surface area contributed by atoms with Crippen LogP contribution in [0.25, 0.3) is 0 Å². The molecule has 16 heavy (non-hydrogen) atoms. The van der Waals surface area contributed by atoms with Crippen LogP contribution in [-0.4, -0.2) is 23.5 Å². The minimum Gasteiger partial charge on any atom is -0.481 e. The molecule has 0 heterocycles. The van der Waals surface area contributed by atoms with E-state index in [4.69, 9.17) is 5.11 Å². The van der Waals surface area contributed by atoms with E-state index in [9.17, 15) is 9.59 Å². The molecule has 4 nitrogen and oxygen atoms in total. The summed E-state index contributed by atoms with van der Waals surface area (Å²) in [7, 11) is 0. The molecule has 1 aromatic rings. The van der Waals surface area contributed by atoms with Crippen molar-refractivity contribution in [2.24, 2.45) is 0 Å². The third-order valence-corrected chi connectivity index (χ3v) is 2.91. The fraction of sp³-hybridized carbons (Fsp3) is 0.273. The van der Waals surface area contributed by atoms with E-state index in [-0.39, 0.29) is 18.9 Å². The number of carbonyl (C=O) groups excluding carboxylic acids is 1. The van der Waals surface area contributed by atoms with Gasteiger partial charge >= 0.3 is 5.97 Å². The van der Waals surface area contributed by atoms with Crippen LogP contribution in [0.5, 0.6) is 0 Å². The Kier molecular flexibility index (Phi) is 4.98. The van der Waals surface area contributed by atoms with E-state index in [2.05, 4.69) is 21.2 Å². The van der Waals surface area contributed by atoms with Gasteiger partial charge in [0, 0.05) is 6.54 Å². The van der Waals surface area contributed by atoms with Gasteiger partial charge in [0.15, 0.2) is 0 Å². The van der Waals surface area contributed by atoms with Gasteiger partial charge in [-0.05, 0) is 5.56 Å². The molecule has 0 aromatic heterocycles. The summed E-state index contributed by atoms with van der Waals surface area (Å²) in [6, 6.07) is 9.21. The maximum absolute atomic E-state index is 11.6. The molecule has 0 fully saturated rings. The van der Waals surface area contributed by atoms with Crippen molar-refractivity contribution in [1.29, 1.82) is 0 Å². The van der Waals surface area contributed by atoms with Gasteiger partial charge in [-0.3, -0.25) is 9.59 Å². The zero-order valence-electron chi connectivity index (χ0n) is 8.52. The van der Waals surface area contributed by atoms with E-state index >= 15 is 0 Å². The monoisotopic (exact) mass is 285 g/mol. The summed E-state index contributed by atoms with van der Waals surface area (Å²) in [6.45, 7) is 0.142. The molecule has 0 aliphatic heterocycles. The van der Waals surface area contributed by atoms with Crippen molar-refractivity contribution in [2.75, 3.05) is 6.54 Å². The minimum absolute atomic E-state index is 0.0692. The van der Waals surface area contributed by atoms with Gasteiger partial charge in [0.25, 0.3) is 0 Å². The summed E-state index contributed by atoms with van der Waals surface area (Å²) in [5, 5.41) is 11.0. The van der Waals surface area contributed by atoms with E-state index in [1.807, 2.05) is 30.3 Å². The lowest BCUT2D eigenvalue weighted by molar-refractivity contribution is -0.136. The molecule has 0 radical (unpaired) electrons. The lowest BCUT2D eigenvalue weighted by Crippen LogP contribution is -2.28. The van der Waals surface area contributed by atoms with Crippen LogP contribution in [0.3, 0.4) is 0 Å². The number of rotatable bonds is 5. The van der Waals surface area contributed by atoms with Crippen LogP contribution in [-0.2, 0) is 9.59 Å². The molecule has 0 saturated heterocycles. The lowest BCUT2D eigenvalue weighted by Gasteiger charge is -2.10. The highest BCUT2D eigenvalue weighted by molar-refractivity contribution is 9.09. The predicted octanol–water partition coefficient (Wildman–Crippen LogP) is 1.71. The van der Waals surface area contributed by atoms with Gasteiger partial charge in [-0.15, -0.1) is 0 Å². The number of halogens is 1. The van der Waals surface area contributed by atoms with Gasteiger partial charge in [-0.2, -0.15) is 0 Å². The van der Waals surface area contributed by atoms with Crippen molar-refractivity contribution in [1.82, 2.24) is 5.32 Å². The molecule has 1 atom stereocenters. The average Bonchev–Trinajstić information content (AvgIpc) is 2.28. The highest BCUT2D eigenvalue weighted by Gasteiger charge is 2.16. The second-order valence-electron chi connectivity index (χ2n) is 3.21. The quantitative estimate of drug-likeness (QED) is 0.810. The summed E-state index contributed by atoms with van der Waals surface area (Å²) >= 11 is 3.26. The summed E-state index contributed by atoms with van der Waals surface area (Å²) in [5.74, 6) is -1.15. The van der Waals surface area contributed by atoms with E-state index in [1.165, 1.54) is 0 Å². The number of nitrogens with one attached hydrogen (secondary N) is 1. The van der Waals surface area contributed by atoms with Crippen LogP contribution in [0, 0.1) is 0 Å². The number of carboxylic acids is 1. The molecule has 1 unspecified atom stereocenters. The number of aliphatic carboxylic acids is 1. The Morgan fingerprint density at radius 2 is 1.94 bits per heavy atom. The third-order valence-electron chi connectivity index (χ3n) is 1.96. The van der Waals surface area contributed by atoms with E-state index in [0.29, 0.717) is 0 Å². The molecular weight excluding hydrogens is 274 g/mol. The first kappa shape index (κ1) is 12.7. The number of hydrogen-bond donors (Lipinski definition) is 2. The summed E-state index contributed by atoms with van der Waals surface area (Å²) in [4.78, 5) is 21.4. The van der Waals surface area contributed by atoms with E-state index in [1.54, 1.807) is 0 Å². The number of hydrogen-bond acceptors (Lipinski definition) is 2. The first-order valence-corrected chi connectivity index (χ1v) is 5.71. The molecule has 2 N–H and O–H groups in total. The fourth-order valence-corrected chi connectivity index (χ4v) is 1.62. The normalized spacial score (nSPS) is 11.8. The van der Waals surface area contributed by atoms with Gasteiger partial charge in [-0.25, -0.2) is 0 Å². The molecule has 1 aromatic carbocycles. The standard InChI is InChI=1S/C11H12BrNO3/c12-10(8-4-2-1-3-5-8)11(16)13-7-6-9(14)15/h1-5,10H,6-7H2,(H,13,16)(H,14,15). The van der Waals surface area contributed by atoms with Crippen LogP contribution in [0.4, 0.5) is 0 Å². The third kappa shape index (κ3) is 4.02. The first-order chi connectivity index (χ1) is 7.61. The van der Waals surface area contributed by atoms with Gasteiger partial charge in [0.05, 0.1) is 6.42 Å². The summed E-state index contributed by atoms with van der Waals surface area (Å²) in [6.07, 6.45) is -0.0692. The van der Waals surface area contributed by atoms with Crippen LogP contribution < -0.4 is 5.32 Å². The van der Waals surface area contributed by atoms with Crippen molar-refractivity contribution in [2.45, 2.75) is 11.2 Å². The molecule has 0 bridgehead atoms. The Morgan fingerprint density at radius 1 is 1.31 bits per heavy atom. The van der Waals surface area contributed by atoms with Crippen LogP contribution in [0.15, 0.2) is 30.3 Å². The number of alkyl halides is 1. The fourth-order valence-electron chi connectivity index (χ4n) is 1.16. The number of benzene rings is 1. The number of carboxylic acid groups (broad SMARTS) is 1. The molecule has 0 saturated carbocycles. The van der Waals surface area contributed by atoms with Crippen molar-refractivity contribution in [3.8, 4) is 0 Å². The molecule has 0 aliphatic rings. The maximum Gasteiger partial charge on any atom is 0.305 e. The Balaban J connectivity index is 2.45. The van der Waals surface area contributed by atoms with Crippen molar-refractivity contribution in [3.05, 3.63) is 35.9 Å². The van der Waals surface area contributed by atoms with Gasteiger partial charge in [0.2, 0.25) is 5.91 Å². The van der Waals surface area contributed by atoms with Crippen molar-refractivity contribution in [3.63, 3.8) is 0 Å². The molecular formula is C11H12BrNO3. The molecule has 0 spiro atoms. The van der Waals surface area contributed by atoms with E-state index in [0.717, 1.165) is 5.56 Å². The molecule has 5 heteroatoms. The molecule has 0 aliphatic carbocycles. The highest BCUT2D eigenvalue weighted by atomic mass is 79.9. The van der Waals surface area contributed by atoms with Crippen molar-refractivity contribution < 1.29 is 14.7 Å². The Hall–Kier alpha value is -1.36. The summed E-state index contributed by atoms with van der Waals surface area (Å²) < 4.78 is 0. The van der Waals surface area contributed by atoms with Crippen LogP contribution in [0.2, 0.25) is 0 Å². The van der Waals surface area contributed by atoms with E-state index < -0.39 is 10.8 Å². The second kappa shape index (κ2) is 6.27. The SMILES string of the molecule is O=C(O)CCNC(=O)C(Br)c1ccccc1. The Bertz CT molecular complexity index is 367. The topological polar surface area (TPSA) is 66.4 Å². The Labute approximate surface area is 102 Å². The largest absolute Gasteiger partial charge is 0.481 e. The van der Waals surface area contributed by atoms with Gasteiger partial charge < -0.3 is 10.4 Å². The average molecular weight is 286 g/mol. The number of amides is 1. The first-order valence-electron chi connectivity index (χ1n) is 4.80. The van der Waals surface area contributed by atoms with Gasteiger partial charge in [0.1, 0.15) is 4.83 Å². The molecule has 1 rings (SSSR count). The minimum atomic E-state index is -0.925. The van der Waals surface area contributed by atoms with Crippen LogP contribution >= 0.6 is 15.9 Å².